The van der Waals surface area contributed by atoms with E-state index in [0.29, 0.717) is 6.07 Å². The van der Waals surface area contributed by atoms with Crippen LogP contribution in [-0.2, 0) is 25.7 Å². The fourth-order valence-electron chi connectivity index (χ4n) is 2.52. The molecule has 0 bridgehead atoms. The maximum atomic E-state index is 13.3. The third-order valence-electron chi connectivity index (χ3n) is 3.85. The number of pyridine rings is 1. The molecule has 0 atom stereocenters. The molecule has 1 heterocycles. The van der Waals surface area contributed by atoms with Crippen molar-refractivity contribution in [1.82, 2.24) is 9.29 Å². The molecule has 0 spiro atoms. The number of nitrogens with zero attached hydrogens (tertiary/aromatic N) is 1. The van der Waals surface area contributed by atoms with Gasteiger partial charge in [0.2, 0.25) is 15.6 Å². The molecule has 0 saturated carbocycles. The normalized spacial score (nSPS) is 12.8. The van der Waals surface area contributed by atoms with Crippen molar-refractivity contribution in [2.75, 3.05) is 40.5 Å². The molecule has 1 aromatic heterocycles. The summed E-state index contributed by atoms with van der Waals surface area (Å²) in [7, 11) is -1.28. The Morgan fingerprint density at radius 2 is 1.67 bits per heavy atom. The fraction of sp³-hybridized carbons (Fsp3) is 0.438. The van der Waals surface area contributed by atoms with E-state index in [1.54, 1.807) is 0 Å². The number of hydrogen-bond acceptors (Lipinski definition) is 5. The van der Waals surface area contributed by atoms with Gasteiger partial charge in [-0.25, -0.2) is 8.42 Å². The van der Waals surface area contributed by atoms with E-state index >= 15 is 0 Å². The van der Waals surface area contributed by atoms with Crippen LogP contribution in [0.15, 0.2) is 34.0 Å². The molecule has 2 aromatic rings. The zero-order valence-electron chi connectivity index (χ0n) is 14.7. The maximum absolute atomic E-state index is 13.3. The van der Waals surface area contributed by atoms with Gasteiger partial charge in [-0.05, 0) is 18.2 Å². The molecular formula is C16H19F3N2O5S. The van der Waals surface area contributed by atoms with Crippen molar-refractivity contribution in [1.29, 1.82) is 0 Å². The number of methoxy groups -OCH3 is 2. The minimum Gasteiger partial charge on any atom is -0.383 e. The molecule has 0 aliphatic rings. The second-order valence-corrected chi connectivity index (χ2v) is 7.58. The molecule has 2 rings (SSSR count). The summed E-state index contributed by atoms with van der Waals surface area (Å²) in [5.74, 6) is 0. The minimum atomic E-state index is -4.80. The predicted octanol–water partition coefficient (Wildman–Crippen LogP) is 1.83. The van der Waals surface area contributed by atoms with Crippen LogP contribution in [0.1, 0.15) is 5.56 Å². The smallest absolute Gasteiger partial charge is 0.383 e. The summed E-state index contributed by atoms with van der Waals surface area (Å²) in [6.07, 6.45) is -4.80. The summed E-state index contributed by atoms with van der Waals surface area (Å²) in [4.78, 5) is 13.4. The van der Waals surface area contributed by atoms with Gasteiger partial charge in [0.15, 0.2) is 0 Å². The first kappa shape index (κ1) is 21.4. The molecule has 7 nitrogen and oxygen atoms in total. The summed E-state index contributed by atoms with van der Waals surface area (Å²) >= 11 is 0. The van der Waals surface area contributed by atoms with Crippen LogP contribution in [0.3, 0.4) is 0 Å². The van der Waals surface area contributed by atoms with E-state index in [9.17, 15) is 26.4 Å². The largest absolute Gasteiger partial charge is 0.417 e. The monoisotopic (exact) mass is 408 g/mol. The first-order valence-corrected chi connectivity index (χ1v) is 9.27. The van der Waals surface area contributed by atoms with Crippen LogP contribution in [0, 0.1) is 0 Å². The number of hydrogen-bond donors (Lipinski definition) is 1. The molecule has 0 aliphatic carbocycles. The first-order chi connectivity index (χ1) is 12.6. The third kappa shape index (κ3) is 4.86. The molecule has 0 fully saturated rings. The number of aromatic nitrogens is 1. The Balaban J connectivity index is 2.59. The topological polar surface area (TPSA) is 88.7 Å². The van der Waals surface area contributed by atoms with Gasteiger partial charge in [-0.2, -0.15) is 17.5 Å². The average molecular weight is 408 g/mol. The Hall–Kier alpha value is -1.95. The standard InChI is InChI=1S/C16H19F3N2O5S/c1-25-7-5-21(6-8-26-2)27(23,24)11-3-4-14-12(9-11)13(16(17,18)19)10-15(22)20-14/h3-4,9-10H,5-8H2,1-2H3,(H,20,22). The molecule has 27 heavy (non-hydrogen) atoms. The number of sulfonamides is 1. The number of halogens is 3. The fourth-order valence-corrected chi connectivity index (χ4v) is 3.95. The molecule has 150 valence electrons. The molecular weight excluding hydrogens is 389 g/mol. The second-order valence-electron chi connectivity index (χ2n) is 5.64. The van der Waals surface area contributed by atoms with Crippen LogP contribution in [0.2, 0.25) is 0 Å². The van der Waals surface area contributed by atoms with Crippen LogP contribution in [0.5, 0.6) is 0 Å². The van der Waals surface area contributed by atoms with Crippen LogP contribution in [0.25, 0.3) is 10.9 Å². The summed E-state index contributed by atoms with van der Waals surface area (Å²) in [6, 6.07) is 3.62. The van der Waals surface area contributed by atoms with Crippen LogP contribution in [-0.4, -0.2) is 58.2 Å². The highest BCUT2D eigenvalue weighted by molar-refractivity contribution is 7.89. The van der Waals surface area contributed by atoms with Gasteiger partial charge in [0.05, 0.1) is 23.7 Å². The summed E-state index contributed by atoms with van der Waals surface area (Å²) in [6.45, 7) is 0.241. The van der Waals surface area contributed by atoms with Gasteiger partial charge < -0.3 is 14.5 Å². The van der Waals surface area contributed by atoms with Gasteiger partial charge in [0.1, 0.15) is 0 Å². The summed E-state index contributed by atoms with van der Waals surface area (Å²) < 4.78 is 76.4. The van der Waals surface area contributed by atoms with E-state index in [-0.39, 0.29) is 36.7 Å². The number of benzene rings is 1. The lowest BCUT2D eigenvalue weighted by Crippen LogP contribution is -2.36. The van der Waals surface area contributed by atoms with Crippen LogP contribution in [0.4, 0.5) is 13.2 Å². The number of nitrogens with one attached hydrogen (secondary N) is 1. The highest BCUT2D eigenvalue weighted by Crippen LogP contribution is 2.34. The van der Waals surface area contributed by atoms with Crippen molar-refractivity contribution in [2.45, 2.75) is 11.1 Å². The lowest BCUT2D eigenvalue weighted by molar-refractivity contribution is -0.136. The van der Waals surface area contributed by atoms with E-state index in [2.05, 4.69) is 4.98 Å². The van der Waals surface area contributed by atoms with Crippen molar-refractivity contribution in [3.05, 3.63) is 40.2 Å². The van der Waals surface area contributed by atoms with Crippen molar-refractivity contribution in [2.24, 2.45) is 0 Å². The van der Waals surface area contributed by atoms with Gasteiger partial charge >= 0.3 is 6.18 Å². The highest BCUT2D eigenvalue weighted by Gasteiger charge is 2.34. The summed E-state index contributed by atoms with van der Waals surface area (Å²) in [5.41, 5.74) is -2.22. The third-order valence-corrected chi connectivity index (χ3v) is 5.74. The highest BCUT2D eigenvalue weighted by atomic mass is 32.2. The molecule has 0 radical (unpaired) electrons. The van der Waals surface area contributed by atoms with Gasteiger partial charge in [-0.3, -0.25) is 4.79 Å². The molecule has 1 aromatic carbocycles. The van der Waals surface area contributed by atoms with Crippen molar-refractivity contribution < 1.29 is 31.1 Å². The molecule has 0 unspecified atom stereocenters. The van der Waals surface area contributed by atoms with Crippen molar-refractivity contribution in [3.8, 4) is 0 Å². The van der Waals surface area contributed by atoms with E-state index < -0.39 is 32.7 Å². The molecule has 11 heteroatoms. The number of aromatic amines is 1. The zero-order chi connectivity index (χ0) is 20.2. The summed E-state index contributed by atoms with van der Waals surface area (Å²) in [5, 5.41) is -0.401. The number of rotatable bonds is 8. The van der Waals surface area contributed by atoms with Crippen molar-refractivity contribution in [3.63, 3.8) is 0 Å². The molecule has 0 saturated heterocycles. The second kappa shape index (κ2) is 8.38. The Bertz CT molecular complexity index is 949. The van der Waals surface area contributed by atoms with E-state index in [1.165, 1.54) is 14.2 Å². The zero-order valence-corrected chi connectivity index (χ0v) is 15.5. The number of fused-ring (bicyclic) bond motifs is 1. The molecule has 0 aliphatic heterocycles. The van der Waals surface area contributed by atoms with Gasteiger partial charge in [-0.15, -0.1) is 0 Å². The maximum Gasteiger partial charge on any atom is 0.417 e. The SMILES string of the molecule is COCCN(CCOC)S(=O)(=O)c1ccc2[nH]c(=O)cc(C(F)(F)F)c2c1. The number of alkyl halides is 3. The Morgan fingerprint density at radius 1 is 1.07 bits per heavy atom. The van der Waals surface area contributed by atoms with E-state index in [4.69, 9.17) is 9.47 Å². The van der Waals surface area contributed by atoms with Crippen LogP contribution < -0.4 is 5.56 Å². The minimum absolute atomic E-state index is 0.0119. The number of H-pyrrole nitrogens is 1. The lowest BCUT2D eigenvalue weighted by Gasteiger charge is -2.22. The first-order valence-electron chi connectivity index (χ1n) is 7.83. The quantitative estimate of drug-likeness (QED) is 0.720. The van der Waals surface area contributed by atoms with Gasteiger partial charge in [0, 0.05) is 44.3 Å². The number of ether oxygens (including phenoxy) is 2. The van der Waals surface area contributed by atoms with E-state index in [1.807, 2.05) is 0 Å². The molecule has 1 N–H and O–H groups in total. The van der Waals surface area contributed by atoms with Gasteiger partial charge in [-0.1, -0.05) is 0 Å². The predicted molar refractivity (Wildman–Crippen MR) is 92.1 cm³/mol. The Morgan fingerprint density at radius 3 is 2.19 bits per heavy atom. The Kier molecular flexibility index (Phi) is 6.63. The van der Waals surface area contributed by atoms with E-state index in [0.717, 1.165) is 22.5 Å². The average Bonchev–Trinajstić information content (AvgIpc) is 2.59. The Labute approximate surface area is 153 Å². The van der Waals surface area contributed by atoms with Crippen LogP contribution >= 0.6 is 0 Å². The molecule has 0 amide bonds. The van der Waals surface area contributed by atoms with Gasteiger partial charge in [0.25, 0.3) is 0 Å². The van der Waals surface area contributed by atoms with Crippen molar-refractivity contribution >= 4 is 20.9 Å². The lowest BCUT2D eigenvalue weighted by atomic mass is 10.1.